The minimum atomic E-state index is -0.953. The van der Waals surface area contributed by atoms with Crippen LogP contribution in [-0.2, 0) is 16.6 Å². The number of benzene rings is 1. The van der Waals surface area contributed by atoms with Crippen molar-refractivity contribution in [3.8, 4) is 0 Å². The number of aromatic nitrogens is 1. The van der Waals surface area contributed by atoms with Crippen molar-refractivity contribution in [2.24, 2.45) is 0 Å². The van der Waals surface area contributed by atoms with Crippen LogP contribution in [0.4, 0.5) is 5.69 Å². The molecular formula is C14H14N2O2S. The van der Waals surface area contributed by atoms with E-state index in [0.29, 0.717) is 17.1 Å². The Balaban J connectivity index is 2.19. The Labute approximate surface area is 114 Å². The summed E-state index contributed by atoms with van der Waals surface area (Å²) >= 11 is 0. The number of anilines is 1. The van der Waals surface area contributed by atoms with Crippen LogP contribution in [0.15, 0.2) is 48.7 Å². The zero-order valence-corrected chi connectivity index (χ0v) is 11.3. The molecule has 1 N–H and O–H groups in total. The molecule has 0 saturated heterocycles. The minimum absolute atomic E-state index is 0.269. The van der Waals surface area contributed by atoms with Gasteiger partial charge in [-0.2, -0.15) is 0 Å². The summed E-state index contributed by atoms with van der Waals surface area (Å²) in [6.45, 7) is 0. The largest absolute Gasteiger partial charge is 0.320 e. The van der Waals surface area contributed by atoms with Crippen LogP contribution >= 0.6 is 0 Å². The molecule has 1 heterocycles. The van der Waals surface area contributed by atoms with Crippen LogP contribution in [0.5, 0.6) is 0 Å². The molecule has 1 aromatic carbocycles. The van der Waals surface area contributed by atoms with Crippen LogP contribution in [0.3, 0.4) is 0 Å². The first-order chi connectivity index (χ1) is 9.16. The Morgan fingerprint density at radius 3 is 2.63 bits per heavy atom. The number of hydrogen-bond acceptors (Lipinski definition) is 3. The average Bonchev–Trinajstić information content (AvgIpc) is 2.41. The van der Waals surface area contributed by atoms with E-state index in [4.69, 9.17) is 0 Å². The molecule has 1 amide bonds. The quantitative estimate of drug-likeness (QED) is 0.930. The standard InChI is InChI=1S/C14H14N2O2S/c1-19(18)10-11-6-2-3-7-12(11)16-14(17)13-8-4-5-9-15-13/h2-9H,10H2,1H3,(H,16,17). The van der Waals surface area contributed by atoms with Crippen molar-refractivity contribution in [3.63, 3.8) is 0 Å². The van der Waals surface area contributed by atoms with Crippen molar-refractivity contribution in [3.05, 3.63) is 59.9 Å². The predicted octanol–water partition coefficient (Wildman–Crippen LogP) is 2.21. The number of carbonyl (C=O) groups excluding carboxylic acids is 1. The molecule has 0 bridgehead atoms. The van der Waals surface area contributed by atoms with Crippen LogP contribution in [0, 0.1) is 0 Å². The molecule has 0 aliphatic rings. The highest BCUT2D eigenvalue weighted by molar-refractivity contribution is 7.83. The number of carbonyl (C=O) groups is 1. The zero-order chi connectivity index (χ0) is 13.7. The lowest BCUT2D eigenvalue weighted by molar-refractivity contribution is 0.102. The summed E-state index contributed by atoms with van der Waals surface area (Å²) in [7, 11) is -0.953. The Hall–Kier alpha value is -2.01. The molecule has 1 atom stereocenters. The molecule has 2 rings (SSSR count). The first-order valence-corrected chi connectivity index (χ1v) is 7.50. The third kappa shape index (κ3) is 3.72. The Morgan fingerprint density at radius 2 is 1.95 bits per heavy atom. The van der Waals surface area contributed by atoms with Gasteiger partial charge >= 0.3 is 0 Å². The second kappa shape index (κ2) is 6.24. The van der Waals surface area contributed by atoms with Crippen molar-refractivity contribution < 1.29 is 9.00 Å². The Bertz CT molecular complexity index is 599. The van der Waals surface area contributed by atoms with Crippen molar-refractivity contribution in [1.29, 1.82) is 0 Å². The Morgan fingerprint density at radius 1 is 1.21 bits per heavy atom. The molecule has 0 radical (unpaired) electrons. The number of rotatable bonds is 4. The first-order valence-electron chi connectivity index (χ1n) is 5.77. The van der Waals surface area contributed by atoms with Crippen LogP contribution in [0.1, 0.15) is 16.1 Å². The summed E-state index contributed by atoms with van der Waals surface area (Å²) in [6, 6.07) is 12.5. The highest BCUT2D eigenvalue weighted by Gasteiger charge is 2.10. The smallest absolute Gasteiger partial charge is 0.274 e. The maximum atomic E-state index is 12.0. The number of pyridine rings is 1. The van der Waals surface area contributed by atoms with E-state index in [1.807, 2.05) is 18.2 Å². The van der Waals surface area contributed by atoms with E-state index in [1.54, 1.807) is 36.7 Å². The van der Waals surface area contributed by atoms with Gasteiger partial charge in [-0.3, -0.25) is 14.0 Å². The third-order valence-electron chi connectivity index (χ3n) is 2.52. The second-order valence-electron chi connectivity index (χ2n) is 4.04. The molecule has 19 heavy (non-hydrogen) atoms. The molecule has 2 aromatic rings. The maximum absolute atomic E-state index is 12.0. The minimum Gasteiger partial charge on any atom is -0.320 e. The monoisotopic (exact) mass is 274 g/mol. The van der Waals surface area contributed by atoms with Crippen molar-refractivity contribution >= 4 is 22.4 Å². The average molecular weight is 274 g/mol. The number of para-hydroxylation sites is 1. The van der Waals surface area contributed by atoms with Gasteiger partial charge in [0.15, 0.2) is 0 Å². The lowest BCUT2D eigenvalue weighted by Crippen LogP contribution is -2.14. The molecule has 0 aliphatic carbocycles. The predicted molar refractivity (Wildman–Crippen MR) is 76.4 cm³/mol. The number of nitrogens with zero attached hydrogens (tertiary/aromatic N) is 1. The van der Waals surface area contributed by atoms with Gasteiger partial charge in [-0.1, -0.05) is 24.3 Å². The molecule has 0 aliphatic heterocycles. The van der Waals surface area contributed by atoms with E-state index < -0.39 is 10.8 Å². The summed E-state index contributed by atoms with van der Waals surface area (Å²) in [4.78, 5) is 16.0. The fraction of sp³-hybridized carbons (Fsp3) is 0.143. The van der Waals surface area contributed by atoms with Gasteiger partial charge < -0.3 is 5.32 Å². The van der Waals surface area contributed by atoms with E-state index >= 15 is 0 Å². The van der Waals surface area contributed by atoms with Gasteiger partial charge in [0.25, 0.3) is 5.91 Å². The second-order valence-corrected chi connectivity index (χ2v) is 5.48. The van der Waals surface area contributed by atoms with Crippen molar-refractivity contribution in [2.75, 3.05) is 11.6 Å². The highest BCUT2D eigenvalue weighted by Crippen LogP contribution is 2.17. The van der Waals surface area contributed by atoms with Gasteiger partial charge in [-0.15, -0.1) is 0 Å². The van der Waals surface area contributed by atoms with Crippen molar-refractivity contribution in [2.45, 2.75) is 5.75 Å². The molecule has 0 spiro atoms. The fourth-order valence-electron chi connectivity index (χ4n) is 1.67. The molecule has 5 heteroatoms. The van der Waals surface area contributed by atoms with E-state index in [0.717, 1.165) is 5.56 Å². The first kappa shape index (κ1) is 13.4. The number of amides is 1. The normalized spacial score (nSPS) is 11.8. The van der Waals surface area contributed by atoms with Gasteiger partial charge in [0.1, 0.15) is 5.69 Å². The van der Waals surface area contributed by atoms with Crippen LogP contribution in [0.2, 0.25) is 0 Å². The number of nitrogens with one attached hydrogen (secondary N) is 1. The third-order valence-corrected chi connectivity index (χ3v) is 3.24. The Kier molecular flexibility index (Phi) is 4.41. The van der Waals surface area contributed by atoms with Crippen LogP contribution in [-0.4, -0.2) is 21.4 Å². The summed E-state index contributed by atoms with van der Waals surface area (Å²) in [5.74, 6) is 0.147. The summed E-state index contributed by atoms with van der Waals surface area (Å²) in [5, 5.41) is 2.80. The van der Waals surface area contributed by atoms with Crippen LogP contribution in [0.25, 0.3) is 0 Å². The lowest BCUT2D eigenvalue weighted by Gasteiger charge is -2.09. The van der Waals surface area contributed by atoms with Gasteiger partial charge in [-0.05, 0) is 23.8 Å². The van der Waals surface area contributed by atoms with Gasteiger partial charge in [0.05, 0.1) is 5.75 Å². The van der Waals surface area contributed by atoms with E-state index in [1.165, 1.54) is 0 Å². The SMILES string of the molecule is CS(=O)Cc1ccccc1NC(=O)c1ccccn1. The highest BCUT2D eigenvalue weighted by atomic mass is 32.2. The maximum Gasteiger partial charge on any atom is 0.274 e. The summed E-state index contributed by atoms with van der Waals surface area (Å²) < 4.78 is 11.3. The molecule has 98 valence electrons. The molecule has 0 saturated carbocycles. The topological polar surface area (TPSA) is 59.1 Å². The zero-order valence-electron chi connectivity index (χ0n) is 10.5. The molecule has 1 unspecified atom stereocenters. The van der Waals surface area contributed by atoms with Gasteiger partial charge in [0, 0.05) is 28.9 Å². The number of hydrogen-bond donors (Lipinski definition) is 1. The van der Waals surface area contributed by atoms with Crippen LogP contribution < -0.4 is 5.32 Å². The molecule has 1 aromatic heterocycles. The van der Waals surface area contributed by atoms with Gasteiger partial charge in [0.2, 0.25) is 0 Å². The van der Waals surface area contributed by atoms with Gasteiger partial charge in [-0.25, -0.2) is 0 Å². The molecule has 4 nitrogen and oxygen atoms in total. The molecular weight excluding hydrogens is 260 g/mol. The lowest BCUT2D eigenvalue weighted by atomic mass is 10.2. The van der Waals surface area contributed by atoms with E-state index in [2.05, 4.69) is 10.3 Å². The molecule has 0 fully saturated rings. The summed E-state index contributed by atoms with van der Waals surface area (Å²) in [6.07, 6.45) is 3.21. The fourth-order valence-corrected chi connectivity index (χ4v) is 2.36. The van der Waals surface area contributed by atoms with E-state index in [9.17, 15) is 9.00 Å². The van der Waals surface area contributed by atoms with Crippen molar-refractivity contribution in [1.82, 2.24) is 4.98 Å². The summed E-state index contributed by atoms with van der Waals surface area (Å²) in [5.41, 5.74) is 1.89. The van der Waals surface area contributed by atoms with E-state index in [-0.39, 0.29) is 5.91 Å².